The van der Waals surface area contributed by atoms with Crippen LogP contribution in [0.25, 0.3) is 0 Å². The Hall–Kier alpha value is -2.00. The molecule has 20 heavy (non-hydrogen) atoms. The second-order valence-electron chi connectivity index (χ2n) is 4.72. The van der Waals surface area contributed by atoms with Gasteiger partial charge in [-0.15, -0.1) is 0 Å². The summed E-state index contributed by atoms with van der Waals surface area (Å²) in [5.74, 6) is 0.862. The molecule has 0 amide bonds. The summed E-state index contributed by atoms with van der Waals surface area (Å²) < 4.78 is 11.0. The molecule has 0 fully saturated rings. The fourth-order valence-electron chi connectivity index (χ4n) is 1.88. The van der Waals surface area contributed by atoms with Crippen molar-refractivity contribution in [2.24, 2.45) is 0 Å². The van der Waals surface area contributed by atoms with Crippen LogP contribution in [0.15, 0.2) is 54.6 Å². The molecule has 3 nitrogen and oxygen atoms in total. The molecule has 0 aromatic heterocycles. The lowest BCUT2D eigenvalue weighted by molar-refractivity contribution is 0.0616. The van der Waals surface area contributed by atoms with E-state index in [0.29, 0.717) is 6.61 Å². The van der Waals surface area contributed by atoms with Gasteiger partial charge in [0.2, 0.25) is 0 Å². The van der Waals surface area contributed by atoms with Crippen molar-refractivity contribution >= 4 is 5.69 Å². The molecule has 1 atom stereocenters. The van der Waals surface area contributed by atoms with E-state index >= 15 is 0 Å². The molecule has 2 rings (SSSR count). The zero-order valence-electron chi connectivity index (χ0n) is 12.0. The van der Waals surface area contributed by atoms with Gasteiger partial charge in [-0.1, -0.05) is 30.3 Å². The van der Waals surface area contributed by atoms with Crippen molar-refractivity contribution in [3.05, 3.63) is 60.2 Å². The van der Waals surface area contributed by atoms with Crippen LogP contribution in [-0.2, 0) is 11.3 Å². The molecule has 0 saturated heterocycles. The lowest BCUT2D eigenvalue weighted by atomic mass is 10.2. The SMILES string of the molecule is COc1cccc(COC(C)CNc2ccccc2)c1. The van der Waals surface area contributed by atoms with Crippen molar-refractivity contribution < 1.29 is 9.47 Å². The van der Waals surface area contributed by atoms with Gasteiger partial charge in [0.05, 0.1) is 19.8 Å². The summed E-state index contributed by atoms with van der Waals surface area (Å²) in [7, 11) is 1.67. The molecule has 106 valence electrons. The molecular formula is C17H21NO2. The van der Waals surface area contributed by atoms with Gasteiger partial charge >= 0.3 is 0 Å². The highest BCUT2D eigenvalue weighted by Gasteiger charge is 2.03. The number of nitrogens with one attached hydrogen (secondary N) is 1. The van der Waals surface area contributed by atoms with E-state index in [1.54, 1.807) is 7.11 Å². The van der Waals surface area contributed by atoms with E-state index in [2.05, 4.69) is 24.4 Å². The molecule has 1 N–H and O–H groups in total. The second kappa shape index (κ2) is 7.56. The standard InChI is InChI=1S/C17H21NO2/c1-14(12-18-16-8-4-3-5-9-16)20-13-15-7-6-10-17(11-15)19-2/h3-11,14,18H,12-13H2,1-2H3. The number of anilines is 1. The number of hydrogen-bond donors (Lipinski definition) is 1. The molecule has 0 radical (unpaired) electrons. The molecule has 0 aliphatic carbocycles. The maximum absolute atomic E-state index is 5.83. The third-order valence-electron chi connectivity index (χ3n) is 3.04. The van der Waals surface area contributed by atoms with E-state index in [-0.39, 0.29) is 6.10 Å². The van der Waals surface area contributed by atoms with Gasteiger partial charge in [0, 0.05) is 12.2 Å². The Bertz CT molecular complexity index is 513. The van der Waals surface area contributed by atoms with Crippen LogP contribution in [0, 0.1) is 0 Å². The van der Waals surface area contributed by atoms with Gasteiger partial charge in [0.1, 0.15) is 5.75 Å². The third kappa shape index (κ3) is 4.59. The minimum absolute atomic E-state index is 0.140. The first kappa shape index (κ1) is 14.4. The normalized spacial score (nSPS) is 11.9. The van der Waals surface area contributed by atoms with Gasteiger partial charge in [-0.05, 0) is 36.8 Å². The fourth-order valence-corrected chi connectivity index (χ4v) is 1.88. The average Bonchev–Trinajstić information content (AvgIpc) is 2.52. The minimum Gasteiger partial charge on any atom is -0.497 e. The van der Waals surface area contributed by atoms with Crippen molar-refractivity contribution in [1.82, 2.24) is 0 Å². The summed E-state index contributed by atoms with van der Waals surface area (Å²) in [6.45, 7) is 3.44. The van der Waals surface area contributed by atoms with Gasteiger partial charge < -0.3 is 14.8 Å². The molecule has 0 heterocycles. The first-order valence-electron chi connectivity index (χ1n) is 6.81. The summed E-state index contributed by atoms with van der Waals surface area (Å²) in [4.78, 5) is 0. The molecule has 3 heteroatoms. The number of methoxy groups -OCH3 is 1. The molecule has 2 aromatic carbocycles. The number of ether oxygens (including phenoxy) is 2. The topological polar surface area (TPSA) is 30.5 Å². The number of benzene rings is 2. The molecule has 0 spiro atoms. The first-order chi connectivity index (χ1) is 9.78. The van der Waals surface area contributed by atoms with Crippen molar-refractivity contribution in [3.63, 3.8) is 0 Å². The van der Waals surface area contributed by atoms with Crippen molar-refractivity contribution in [2.45, 2.75) is 19.6 Å². The van der Waals surface area contributed by atoms with E-state index < -0.39 is 0 Å². The number of rotatable bonds is 7. The maximum atomic E-state index is 5.83. The molecule has 1 unspecified atom stereocenters. The smallest absolute Gasteiger partial charge is 0.119 e. The Morgan fingerprint density at radius 2 is 1.85 bits per heavy atom. The van der Waals surface area contributed by atoms with Gasteiger partial charge in [0.15, 0.2) is 0 Å². The minimum atomic E-state index is 0.140. The van der Waals surface area contributed by atoms with E-state index in [0.717, 1.165) is 23.5 Å². The van der Waals surface area contributed by atoms with E-state index in [1.807, 2.05) is 42.5 Å². The summed E-state index contributed by atoms with van der Waals surface area (Å²) in [5, 5.41) is 3.35. The zero-order valence-corrected chi connectivity index (χ0v) is 12.0. The number of hydrogen-bond acceptors (Lipinski definition) is 3. The predicted molar refractivity (Wildman–Crippen MR) is 82.2 cm³/mol. The quantitative estimate of drug-likeness (QED) is 0.832. The Labute approximate surface area is 120 Å². The Morgan fingerprint density at radius 3 is 2.60 bits per heavy atom. The maximum Gasteiger partial charge on any atom is 0.119 e. The van der Waals surface area contributed by atoms with Crippen LogP contribution in [0.3, 0.4) is 0 Å². The van der Waals surface area contributed by atoms with E-state index in [1.165, 1.54) is 0 Å². The largest absolute Gasteiger partial charge is 0.497 e. The van der Waals surface area contributed by atoms with Crippen molar-refractivity contribution in [2.75, 3.05) is 19.0 Å². The number of para-hydroxylation sites is 1. The third-order valence-corrected chi connectivity index (χ3v) is 3.04. The van der Waals surface area contributed by atoms with Gasteiger partial charge in [-0.3, -0.25) is 0 Å². The molecular weight excluding hydrogens is 250 g/mol. The summed E-state index contributed by atoms with van der Waals surface area (Å²) in [5.41, 5.74) is 2.24. The molecule has 2 aromatic rings. The molecule has 0 saturated carbocycles. The van der Waals surface area contributed by atoms with Gasteiger partial charge in [-0.25, -0.2) is 0 Å². The van der Waals surface area contributed by atoms with Crippen LogP contribution in [0.2, 0.25) is 0 Å². The van der Waals surface area contributed by atoms with Gasteiger partial charge in [0.25, 0.3) is 0 Å². The Kier molecular flexibility index (Phi) is 5.44. The van der Waals surface area contributed by atoms with Crippen molar-refractivity contribution in [3.8, 4) is 5.75 Å². The predicted octanol–water partition coefficient (Wildman–Crippen LogP) is 3.71. The summed E-state index contributed by atoms with van der Waals surface area (Å²) >= 11 is 0. The van der Waals surface area contributed by atoms with Crippen molar-refractivity contribution in [1.29, 1.82) is 0 Å². The average molecular weight is 271 g/mol. The highest BCUT2D eigenvalue weighted by atomic mass is 16.5. The summed E-state index contributed by atoms with van der Waals surface area (Å²) in [6.07, 6.45) is 0.140. The molecule has 0 aliphatic rings. The van der Waals surface area contributed by atoms with Crippen LogP contribution in [0.4, 0.5) is 5.69 Å². The fraction of sp³-hybridized carbons (Fsp3) is 0.294. The zero-order chi connectivity index (χ0) is 14.2. The lowest BCUT2D eigenvalue weighted by Gasteiger charge is -2.15. The molecule has 0 aliphatic heterocycles. The lowest BCUT2D eigenvalue weighted by Crippen LogP contribution is -2.19. The first-order valence-corrected chi connectivity index (χ1v) is 6.81. The molecule has 0 bridgehead atoms. The monoisotopic (exact) mass is 271 g/mol. The summed E-state index contributed by atoms with van der Waals surface area (Å²) in [6, 6.07) is 18.1. The highest BCUT2D eigenvalue weighted by Crippen LogP contribution is 2.14. The van der Waals surface area contributed by atoms with Gasteiger partial charge in [-0.2, -0.15) is 0 Å². The second-order valence-corrected chi connectivity index (χ2v) is 4.72. The van der Waals surface area contributed by atoms with Crippen LogP contribution in [0.1, 0.15) is 12.5 Å². The highest BCUT2D eigenvalue weighted by molar-refractivity contribution is 5.42. The Morgan fingerprint density at radius 1 is 1.05 bits per heavy atom. The van der Waals surface area contributed by atoms with Crippen LogP contribution < -0.4 is 10.1 Å². The van der Waals surface area contributed by atoms with Crippen LogP contribution >= 0.6 is 0 Å². The van der Waals surface area contributed by atoms with Crippen LogP contribution in [-0.4, -0.2) is 19.8 Å². The Balaban J connectivity index is 1.75. The van der Waals surface area contributed by atoms with Crippen LogP contribution in [0.5, 0.6) is 5.75 Å². The van der Waals surface area contributed by atoms with E-state index in [9.17, 15) is 0 Å². The van der Waals surface area contributed by atoms with E-state index in [4.69, 9.17) is 9.47 Å².